The minimum atomic E-state index is 0.743. The first-order chi connectivity index (χ1) is 8.69. The fraction of sp³-hybridized carbons (Fsp3) is 0.692. The van der Waals surface area contributed by atoms with E-state index in [0.717, 1.165) is 42.4 Å². The topological polar surface area (TPSA) is 40.5 Å². The summed E-state index contributed by atoms with van der Waals surface area (Å²) in [7, 11) is 1.86. The number of rotatable bonds is 2. The van der Waals surface area contributed by atoms with Crippen molar-refractivity contribution >= 4 is 17.3 Å². The van der Waals surface area contributed by atoms with Crippen molar-refractivity contribution in [3.8, 4) is 0 Å². The van der Waals surface area contributed by atoms with Crippen LogP contribution in [-0.4, -0.2) is 36.0 Å². The number of likely N-dealkylation sites (tertiary alicyclic amines) is 1. The zero-order valence-electron chi connectivity index (χ0n) is 11.4. The Bertz CT molecular complexity index is 378. The Labute approximate surface area is 113 Å². The van der Waals surface area contributed by atoms with Crippen molar-refractivity contribution in [2.45, 2.75) is 26.8 Å². The van der Waals surface area contributed by atoms with Gasteiger partial charge in [0, 0.05) is 31.7 Å². The van der Waals surface area contributed by atoms with Gasteiger partial charge in [0.2, 0.25) is 0 Å². The molecule has 1 aliphatic heterocycles. The van der Waals surface area contributed by atoms with E-state index in [2.05, 4.69) is 34.0 Å². The summed E-state index contributed by atoms with van der Waals surface area (Å²) >= 11 is 1.68. The highest BCUT2D eigenvalue weighted by molar-refractivity contribution is 7.09. The molecule has 0 spiro atoms. The van der Waals surface area contributed by atoms with Gasteiger partial charge in [0.25, 0.3) is 0 Å². The molecule has 4 nitrogen and oxygen atoms in total. The predicted molar refractivity (Wildman–Crippen MR) is 76.8 cm³/mol. The highest BCUT2D eigenvalue weighted by Crippen LogP contribution is 2.20. The van der Waals surface area contributed by atoms with Gasteiger partial charge >= 0.3 is 0 Å². The maximum absolute atomic E-state index is 4.39. The van der Waals surface area contributed by atoms with Crippen LogP contribution in [0.15, 0.2) is 16.6 Å². The average molecular weight is 266 g/mol. The molecule has 2 atom stereocenters. The molecule has 1 fully saturated rings. The fourth-order valence-corrected chi connectivity index (χ4v) is 3.22. The van der Waals surface area contributed by atoms with Crippen molar-refractivity contribution < 1.29 is 0 Å². The second-order valence-corrected chi connectivity index (χ2v) is 6.16. The highest BCUT2D eigenvalue weighted by atomic mass is 32.1. The number of nitrogens with one attached hydrogen (secondary N) is 1. The van der Waals surface area contributed by atoms with Gasteiger partial charge in [-0.25, -0.2) is 4.98 Å². The van der Waals surface area contributed by atoms with Gasteiger partial charge in [0.15, 0.2) is 5.96 Å². The molecule has 2 heterocycles. The number of hydrogen-bond acceptors (Lipinski definition) is 3. The third kappa shape index (κ3) is 3.45. The summed E-state index contributed by atoms with van der Waals surface area (Å²) in [5, 5.41) is 6.52. The van der Waals surface area contributed by atoms with Crippen LogP contribution in [0.4, 0.5) is 0 Å². The Morgan fingerprint density at radius 2 is 2.22 bits per heavy atom. The molecule has 100 valence electrons. The van der Waals surface area contributed by atoms with Crippen molar-refractivity contribution in [2.75, 3.05) is 20.1 Å². The minimum absolute atomic E-state index is 0.743. The van der Waals surface area contributed by atoms with Crippen LogP contribution in [0.2, 0.25) is 0 Å². The maximum Gasteiger partial charge on any atom is 0.194 e. The van der Waals surface area contributed by atoms with Gasteiger partial charge < -0.3 is 10.2 Å². The third-order valence-electron chi connectivity index (χ3n) is 3.26. The molecule has 1 N–H and O–H groups in total. The van der Waals surface area contributed by atoms with Crippen LogP contribution >= 0.6 is 11.3 Å². The summed E-state index contributed by atoms with van der Waals surface area (Å²) in [5.74, 6) is 2.49. The number of aromatic nitrogens is 1. The predicted octanol–water partition coefficient (Wildman–Crippen LogP) is 2.20. The fourth-order valence-electron chi connectivity index (χ4n) is 2.66. The van der Waals surface area contributed by atoms with Gasteiger partial charge in [-0.3, -0.25) is 4.99 Å². The molecule has 1 aliphatic rings. The maximum atomic E-state index is 4.39. The van der Waals surface area contributed by atoms with Crippen LogP contribution in [0.25, 0.3) is 0 Å². The molecule has 1 saturated heterocycles. The van der Waals surface area contributed by atoms with Crippen molar-refractivity contribution in [2.24, 2.45) is 16.8 Å². The lowest BCUT2D eigenvalue weighted by molar-refractivity contribution is 0.208. The van der Waals surface area contributed by atoms with E-state index in [1.54, 1.807) is 11.3 Å². The number of nitrogens with zero attached hydrogens (tertiary/aromatic N) is 3. The molecule has 1 aromatic rings. The first-order valence-corrected chi connectivity index (χ1v) is 7.41. The lowest BCUT2D eigenvalue weighted by Crippen LogP contribution is -2.48. The summed E-state index contributed by atoms with van der Waals surface area (Å²) < 4.78 is 0. The molecule has 0 radical (unpaired) electrons. The van der Waals surface area contributed by atoms with E-state index in [4.69, 9.17) is 0 Å². The van der Waals surface area contributed by atoms with Crippen LogP contribution < -0.4 is 5.32 Å². The lowest BCUT2D eigenvalue weighted by Gasteiger charge is -2.37. The van der Waals surface area contributed by atoms with Gasteiger partial charge in [0.05, 0.1) is 6.54 Å². The number of guanidine groups is 1. The Hall–Kier alpha value is -1.10. The lowest BCUT2D eigenvalue weighted by atomic mass is 9.92. The SMILES string of the molecule is CN=C(NCc1nccs1)N1CC(C)CC(C)C1. The van der Waals surface area contributed by atoms with Gasteiger partial charge in [-0.05, 0) is 18.3 Å². The zero-order chi connectivity index (χ0) is 13.0. The summed E-state index contributed by atoms with van der Waals surface area (Å²) in [4.78, 5) is 11.0. The standard InChI is InChI=1S/C13H22N4S/c1-10-6-11(2)9-17(8-10)13(14-3)16-7-12-15-4-5-18-12/h4-5,10-11H,6-9H2,1-3H3,(H,14,16). The van der Waals surface area contributed by atoms with Crippen LogP contribution in [0, 0.1) is 11.8 Å². The van der Waals surface area contributed by atoms with Crippen molar-refractivity contribution in [1.29, 1.82) is 0 Å². The summed E-state index contributed by atoms with van der Waals surface area (Å²) in [6.07, 6.45) is 3.16. The molecular weight excluding hydrogens is 244 g/mol. The quantitative estimate of drug-likeness (QED) is 0.659. The van der Waals surface area contributed by atoms with Crippen LogP contribution in [0.5, 0.6) is 0 Å². The Kier molecular flexibility index (Phi) is 4.58. The van der Waals surface area contributed by atoms with E-state index in [1.165, 1.54) is 6.42 Å². The smallest absolute Gasteiger partial charge is 0.194 e. The molecule has 0 bridgehead atoms. The van der Waals surface area contributed by atoms with E-state index in [9.17, 15) is 0 Å². The molecule has 0 amide bonds. The third-order valence-corrected chi connectivity index (χ3v) is 4.04. The molecule has 18 heavy (non-hydrogen) atoms. The normalized spacial score (nSPS) is 25.3. The summed E-state index contributed by atoms with van der Waals surface area (Å²) in [6.45, 7) is 7.60. The number of hydrogen-bond donors (Lipinski definition) is 1. The van der Waals surface area contributed by atoms with Gasteiger partial charge in [-0.1, -0.05) is 13.8 Å². The second kappa shape index (κ2) is 6.18. The second-order valence-electron chi connectivity index (χ2n) is 5.18. The summed E-state index contributed by atoms with van der Waals surface area (Å²) in [5.41, 5.74) is 0. The zero-order valence-corrected chi connectivity index (χ0v) is 12.2. The molecular formula is C13H22N4S. The summed E-state index contributed by atoms with van der Waals surface area (Å²) in [6, 6.07) is 0. The number of piperidine rings is 1. The highest BCUT2D eigenvalue weighted by Gasteiger charge is 2.23. The molecule has 0 saturated carbocycles. The van der Waals surface area contributed by atoms with E-state index < -0.39 is 0 Å². The van der Waals surface area contributed by atoms with Crippen molar-refractivity contribution in [3.63, 3.8) is 0 Å². The molecule has 0 aromatic carbocycles. The van der Waals surface area contributed by atoms with Gasteiger partial charge in [-0.15, -0.1) is 11.3 Å². The largest absolute Gasteiger partial charge is 0.350 e. The first kappa shape index (κ1) is 13.3. The Balaban J connectivity index is 1.92. The van der Waals surface area contributed by atoms with E-state index in [1.807, 2.05) is 18.6 Å². The van der Waals surface area contributed by atoms with Gasteiger partial charge in [-0.2, -0.15) is 0 Å². The van der Waals surface area contributed by atoms with Crippen molar-refractivity contribution in [3.05, 3.63) is 16.6 Å². The van der Waals surface area contributed by atoms with Crippen LogP contribution in [-0.2, 0) is 6.54 Å². The molecule has 0 aliphatic carbocycles. The Morgan fingerprint density at radius 3 is 2.78 bits per heavy atom. The first-order valence-electron chi connectivity index (χ1n) is 6.53. The van der Waals surface area contributed by atoms with Crippen molar-refractivity contribution in [1.82, 2.24) is 15.2 Å². The molecule has 1 aromatic heterocycles. The number of thiazole rings is 1. The number of aliphatic imine (C=N–C) groups is 1. The van der Waals surface area contributed by atoms with Crippen LogP contribution in [0.1, 0.15) is 25.3 Å². The van der Waals surface area contributed by atoms with E-state index in [0.29, 0.717) is 0 Å². The minimum Gasteiger partial charge on any atom is -0.350 e. The van der Waals surface area contributed by atoms with E-state index in [-0.39, 0.29) is 0 Å². The van der Waals surface area contributed by atoms with E-state index >= 15 is 0 Å². The van der Waals surface area contributed by atoms with Crippen LogP contribution in [0.3, 0.4) is 0 Å². The molecule has 2 rings (SSSR count). The molecule has 2 unspecified atom stereocenters. The monoisotopic (exact) mass is 266 g/mol. The Morgan fingerprint density at radius 1 is 1.50 bits per heavy atom. The van der Waals surface area contributed by atoms with Gasteiger partial charge in [0.1, 0.15) is 5.01 Å². The average Bonchev–Trinajstić information content (AvgIpc) is 2.81. The molecule has 5 heteroatoms.